The predicted octanol–water partition coefficient (Wildman–Crippen LogP) is 2.58. The number of amides is 2. The minimum absolute atomic E-state index is 0.0983. The summed E-state index contributed by atoms with van der Waals surface area (Å²) in [6, 6.07) is 7.20. The number of piperazine rings is 1. The fourth-order valence-corrected chi connectivity index (χ4v) is 3.25. The fourth-order valence-electron chi connectivity index (χ4n) is 3.25. The van der Waals surface area contributed by atoms with Crippen molar-refractivity contribution < 1.29 is 9.90 Å². The number of phenolic OH excluding ortho intramolecular Hbond substituents is 1. The lowest BCUT2D eigenvalue weighted by molar-refractivity contribution is 0.208. The quantitative estimate of drug-likeness (QED) is 0.898. The maximum atomic E-state index is 12.6. The van der Waals surface area contributed by atoms with E-state index in [-0.39, 0.29) is 11.8 Å². The van der Waals surface area contributed by atoms with Crippen LogP contribution in [0.25, 0.3) is 0 Å². The molecule has 1 aromatic carbocycles. The van der Waals surface area contributed by atoms with E-state index in [0.29, 0.717) is 26.2 Å². The molecule has 1 fully saturated rings. The third kappa shape index (κ3) is 3.40. The van der Waals surface area contributed by atoms with Gasteiger partial charge in [0.2, 0.25) is 0 Å². The molecule has 1 aromatic heterocycles. The zero-order valence-corrected chi connectivity index (χ0v) is 15.0. The molecule has 0 saturated carbocycles. The molecule has 0 bridgehead atoms. The lowest BCUT2D eigenvalue weighted by Crippen LogP contribution is -2.50. The normalized spacial score (nSPS) is 14.7. The minimum Gasteiger partial charge on any atom is -0.506 e. The molecule has 1 saturated heterocycles. The van der Waals surface area contributed by atoms with Gasteiger partial charge < -0.3 is 20.2 Å². The van der Waals surface area contributed by atoms with E-state index < -0.39 is 0 Å². The molecule has 134 valence electrons. The summed E-state index contributed by atoms with van der Waals surface area (Å²) in [6.07, 6.45) is 0. The monoisotopic (exact) mass is 343 g/mol. The number of para-hydroxylation sites is 2. The number of carbonyl (C=O) groups excluding carboxylic acids is 1. The van der Waals surface area contributed by atoms with E-state index in [4.69, 9.17) is 0 Å². The van der Waals surface area contributed by atoms with Crippen molar-refractivity contribution in [1.82, 2.24) is 14.7 Å². The summed E-state index contributed by atoms with van der Waals surface area (Å²) in [5, 5.41) is 17.4. The highest BCUT2D eigenvalue weighted by Gasteiger charge is 2.24. The number of nitrogens with one attached hydrogen (secondary N) is 1. The van der Waals surface area contributed by atoms with Gasteiger partial charge in [0.05, 0.1) is 22.8 Å². The van der Waals surface area contributed by atoms with Crippen molar-refractivity contribution in [3.63, 3.8) is 0 Å². The second-order valence-electron chi connectivity index (χ2n) is 6.25. The largest absolute Gasteiger partial charge is 0.506 e. The highest BCUT2D eigenvalue weighted by atomic mass is 16.3. The van der Waals surface area contributed by atoms with E-state index in [2.05, 4.69) is 15.3 Å². The Bertz CT molecular complexity index is 763. The molecule has 0 radical (unpaired) electrons. The molecule has 1 aliphatic heterocycles. The standard InChI is InChI=1S/C18H25N5O2/c1-4-23-14(3)17(13(2)20-23)19-18(25)22-11-9-21(10-12-22)15-7-5-6-8-16(15)24/h5-8,24H,4,9-12H2,1-3H3,(H,19,25). The van der Waals surface area contributed by atoms with Crippen LogP contribution in [0.2, 0.25) is 0 Å². The molecule has 3 rings (SSSR count). The van der Waals surface area contributed by atoms with Crippen molar-refractivity contribution in [2.45, 2.75) is 27.3 Å². The average Bonchev–Trinajstić information content (AvgIpc) is 2.90. The van der Waals surface area contributed by atoms with Crippen LogP contribution in [0.4, 0.5) is 16.2 Å². The first kappa shape index (κ1) is 17.1. The number of phenols is 1. The minimum atomic E-state index is -0.0983. The van der Waals surface area contributed by atoms with Gasteiger partial charge in [-0.3, -0.25) is 4.68 Å². The number of aromatic nitrogens is 2. The van der Waals surface area contributed by atoms with Gasteiger partial charge in [-0.25, -0.2) is 4.79 Å². The molecule has 1 aliphatic rings. The summed E-state index contributed by atoms with van der Waals surface area (Å²) < 4.78 is 1.89. The Balaban J connectivity index is 1.62. The van der Waals surface area contributed by atoms with Crippen molar-refractivity contribution in [3.05, 3.63) is 35.7 Å². The Hall–Kier alpha value is -2.70. The van der Waals surface area contributed by atoms with E-state index >= 15 is 0 Å². The Kier molecular flexibility index (Phi) is 4.83. The number of aromatic hydroxyl groups is 1. The Morgan fingerprint density at radius 1 is 1.20 bits per heavy atom. The van der Waals surface area contributed by atoms with Crippen LogP contribution in [0.15, 0.2) is 24.3 Å². The van der Waals surface area contributed by atoms with Crippen LogP contribution in [0.1, 0.15) is 18.3 Å². The third-order valence-electron chi connectivity index (χ3n) is 4.70. The topological polar surface area (TPSA) is 73.6 Å². The van der Waals surface area contributed by atoms with Crippen molar-refractivity contribution in [2.75, 3.05) is 36.4 Å². The van der Waals surface area contributed by atoms with Gasteiger partial charge in [0, 0.05) is 32.7 Å². The molecule has 2 N–H and O–H groups in total. The van der Waals surface area contributed by atoms with Crippen LogP contribution in [0.3, 0.4) is 0 Å². The summed E-state index contributed by atoms with van der Waals surface area (Å²) in [5.41, 5.74) is 3.43. The van der Waals surface area contributed by atoms with Crippen LogP contribution in [-0.2, 0) is 6.54 Å². The third-order valence-corrected chi connectivity index (χ3v) is 4.70. The van der Waals surface area contributed by atoms with Gasteiger partial charge in [-0.2, -0.15) is 5.10 Å². The smallest absolute Gasteiger partial charge is 0.322 e. The summed E-state index contributed by atoms with van der Waals surface area (Å²) >= 11 is 0. The maximum absolute atomic E-state index is 12.6. The number of aryl methyl sites for hydroxylation is 2. The van der Waals surface area contributed by atoms with Gasteiger partial charge in [-0.15, -0.1) is 0 Å². The summed E-state index contributed by atoms with van der Waals surface area (Å²) in [5.74, 6) is 0.277. The number of nitrogens with zero attached hydrogens (tertiary/aromatic N) is 4. The zero-order chi connectivity index (χ0) is 18.0. The van der Waals surface area contributed by atoms with Crippen molar-refractivity contribution in [2.24, 2.45) is 0 Å². The molecule has 25 heavy (non-hydrogen) atoms. The highest BCUT2D eigenvalue weighted by Crippen LogP contribution is 2.27. The number of hydrogen-bond donors (Lipinski definition) is 2. The number of benzene rings is 1. The Labute approximate surface area is 147 Å². The van der Waals surface area contributed by atoms with Gasteiger partial charge in [0.15, 0.2) is 0 Å². The molecule has 2 amide bonds. The molecule has 0 spiro atoms. The first-order chi connectivity index (χ1) is 12.0. The number of rotatable bonds is 3. The predicted molar refractivity (Wildman–Crippen MR) is 98.3 cm³/mol. The van der Waals surface area contributed by atoms with Gasteiger partial charge in [0.1, 0.15) is 5.75 Å². The van der Waals surface area contributed by atoms with Gasteiger partial charge >= 0.3 is 6.03 Å². The Morgan fingerprint density at radius 3 is 2.48 bits per heavy atom. The number of carbonyl (C=O) groups is 1. The van der Waals surface area contributed by atoms with Crippen LogP contribution >= 0.6 is 0 Å². The second-order valence-corrected chi connectivity index (χ2v) is 6.25. The maximum Gasteiger partial charge on any atom is 0.322 e. The molecule has 0 aliphatic carbocycles. The van der Waals surface area contributed by atoms with Gasteiger partial charge in [-0.05, 0) is 32.9 Å². The molecule has 0 atom stereocenters. The second kappa shape index (κ2) is 7.04. The van der Waals surface area contributed by atoms with Crippen molar-refractivity contribution >= 4 is 17.4 Å². The molecular weight excluding hydrogens is 318 g/mol. The van der Waals surface area contributed by atoms with Gasteiger partial charge in [0.25, 0.3) is 0 Å². The van der Waals surface area contributed by atoms with E-state index in [1.165, 1.54) is 0 Å². The summed E-state index contributed by atoms with van der Waals surface area (Å²) in [6.45, 7) is 9.29. The van der Waals surface area contributed by atoms with E-state index in [1.54, 1.807) is 11.0 Å². The molecule has 7 nitrogen and oxygen atoms in total. The van der Waals surface area contributed by atoms with Crippen LogP contribution < -0.4 is 10.2 Å². The van der Waals surface area contributed by atoms with Crippen LogP contribution in [0, 0.1) is 13.8 Å². The summed E-state index contributed by atoms with van der Waals surface area (Å²) in [7, 11) is 0. The molecule has 2 heterocycles. The summed E-state index contributed by atoms with van der Waals surface area (Å²) in [4.78, 5) is 16.5. The lowest BCUT2D eigenvalue weighted by Gasteiger charge is -2.36. The molecular formula is C18H25N5O2. The Morgan fingerprint density at radius 2 is 1.88 bits per heavy atom. The van der Waals surface area contributed by atoms with E-state index in [9.17, 15) is 9.90 Å². The first-order valence-electron chi connectivity index (χ1n) is 8.64. The molecule has 2 aromatic rings. The fraction of sp³-hybridized carbons (Fsp3) is 0.444. The lowest BCUT2D eigenvalue weighted by atomic mass is 10.2. The van der Waals surface area contributed by atoms with E-state index in [1.807, 2.05) is 43.7 Å². The van der Waals surface area contributed by atoms with Crippen molar-refractivity contribution in [1.29, 1.82) is 0 Å². The average molecular weight is 343 g/mol. The van der Waals surface area contributed by atoms with Gasteiger partial charge in [-0.1, -0.05) is 12.1 Å². The number of hydrogen-bond acceptors (Lipinski definition) is 4. The number of urea groups is 1. The van der Waals surface area contributed by atoms with Crippen LogP contribution in [0.5, 0.6) is 5.75 Å². The van der Waals surface area contributed by atoms with Crippen LogP contribution in [-0.4, -0.2) is 52.0 Å². The molecule has 0 unspecified atom stereocenters. The van der Waals surface area contributed by atoms with E-state index in [0.717, 1.165) is 29.3 Å². The molecule has 7 heteroatoms. The first-order valence-corrected chi connectivity index (χ1v) is 8.64. The SMILES string of the molecule is CCn1nc(C)c(NC(=O)N2CCN(c3ccccc3O)CC2)c1C. The number of anilines is 2. The highest BCUT2D eigenvalue weighted by molar-refractivity contribution is 5.90. The zero-order valence-electron chi connectivity index (χ0n) is 15.0. The van der Waals surface area contributed by atoms with Crippen molar-refractivity contribution in [3.8, 4) is 5.75 Å².